The van der Waals surface area contributed by atoms with E-state index in [-0.39, 0.29) is 0 Å². The van der Waals surface area contributed by atoms with Crippen molar-refractivity contribution in [1.82, 2.24) is 4.98 Å². The SMILES string of the molecule is Brc1ccc2[nH]c3c(c2c1)=C1C=CC=CC1CC=3. The number of rotatable bonds is 0. The smallest absolute Gasteiger partial charge is 0.0465 e. The van der Waals surface area contributed by atoms with Crippen molar-refractivity contribution < 1.29 is 0 Å². The molecule has 88 valence electrons. The molecule has 1 N–H and O–H groups in total. The van der Waals surface area contributed by atoms with Crippen molar-refractivity contribution >= 4 is 38.5 Å². The van der Waals surface area contributed by atoms with E-state index in [0.29, 0.717) is 5.92 Å². The number of allylic oxidation sites excluding steroid dienone is 4. The van der Waals surface area contributed by atoms with Gasteiger partial charge in [0.2, 0.25) is 0 Å². The lowest BCUT2D eigenvalue weighted by Gasteiger charge is -2.17. The second kappa shape index (κ2) is 3.72. The van der Waals surface area contributed by atoms with Crippen LogP contribution < -0.4 is 10.6 Å². The number of aromatic nitrogens is 1. The largest absolute Gasteiger partial charge is 0.355 e. The third kappa shape index (κ3) is 1.39. The van der Waals surface area contributed by atoms with Crippen LogP contribution in [0.1, 0.15) is 6.42 Å². The second-order valence-electron chi connectivity index (χ2n) is 4.85. The quantitative estimate of drug-likeness (QED) is 0.769. The highest BCUT2D eigenvalue weighted by atomic mass is 79.9. The molecule has 1 unspecified atom stereocenters. The molecule has 2 aliphatic rings. The highest BCUT2D eigenvalue weighted by molar-refractivity contribution is 9.10. The summed E-state index contributed by atoms with van der Waals surface area (Å²) in [5.74, 6) is 0.542. The minimum Gasteiger partial charge on any atom is -0.355 e. The lowest BCUT2D eigenvalue weighted by molar-refractivity contribution is 0.862. The Morgan fingerprint density at radius 1 is 1.22 bits per heavy atom. The van der Waals surface area contributed by atoms with Gasteiger partial charge >= 0.3 is 0 Å². The minimum absolute atomic E-state index is 0.542. The molecule has 4 rings (SSSR count). The number of H-pyrrole nitrogens is 1. The molecule has 0 amide bonds. The molecule has 2 aliphatic carbocycles. The van der Waals surface area contributed by atoms with E-state index in [1.165, 1.54) is 27.0 Å². The van der Waals surface area contributed by atoms with Crippen molar-refractivity contribution in [3.8, 4) is 0 Å². The van der Waals surface area contributed by atoms with Crippen molar-refractivity contribution in [2.45, 2.75) is 6.42 Å². The van der Waals surface area contributed by atoms with E-state index in [4.69, 9.17) is 0 Å². The van der Waals surface area contributed by atoms with Gasteiger partial charge in [0.05, 0.1) is 0 Å². The number of halogens is 1. The maximum atomic E-state index is 3.57. The van der Waals surface area contributed by atoms with Crippen LogP contribution in [-0.4, -0.2) is 4.98 Å². The molecule has 0 aliphatic heterocycles. The van der Waals surface area contributed by atoms with E-state index in [1.54, 1.807) is 0 Å². The summed E-state index contributed by atoms with van der Waals surface area (Å²) in [5, 5.41) is 3.97. The molecule has 2 heteroatoms. The molecule has 0 spiro atoms. The minimum atomic E-state index is 0.542. The molecule has 1 nitrogen and oxygen atoms in total. The van der Waals surface area contributed by atoms with Crippen LogP contribution in [-0.2, 0) is 0 Å². The Labute approximate surface area is 113 Å². The summed E-state index contributed by atoms with van der Waals surface area (Å²) in [6.07, 6.45) is 12.3. The van der Waals surface area contributed by atoms with E-state index in [0.717, 1.165) is 10.9 Å². The fraction of sp³-hybridized carbons (Fsp3) is 0.125. The van der Waals surface area contributed by atoms with Crippen LogP contribution in [0.3, 0.4) is 0 Å². The van der Waals surface area contributed by atoms with E-state index in [2.05, 4.69) is 69.5 Å². The summed E-state index contributed by atoms with van der Waals surface area (Å²) >= 11 is 3.57. The van der Waals surface area contributed by atoms with Crippen LogP contribution >= 0.6 is 15.9 Å². The zero-order chi connectivity index (χ0) is 12.1. The lowest BCUT2D eigenvalue weighted by atomic mass is 9.87. The summed E-state index contributed by atoms with van der Waals surface area (Å²) in [6, 6.07) is 6.44. The second-order valence-corrected chi connectivity index (χ2v) is 5.76. The van der Waals surface area contributed by atoms with E-state index < -0.39 is 0 Å². The predicted molar refractivity (Wildman–Crippen MR) is 79.5 cm³/mol. The number of fused-ring (bicyclic) bond motifs is 4. The standard InChI is InChI=1S/C16H12BrN/c17-11-6-8-14-13(9-11)16-12-4-2-1-3-10(12)5-7-15(16)18-14/h1-4,6-10,18H,5H2. The van der Waals surface area contributed by atoms with Gasteiger partial charge in [-0.25, -0.2) is 0 Å². The van der Waals surface area contributed by atoms with E-state index >= 15 is 0 Å². The Balaban J connectivity index is 2.24. The maximum Gasteiger partial charge on any atom is 0.0465 e. The molecule has 1 aromatic heterocycles. The summed E-state index contributed by atoms with van der Waals surface area (Å²) in [7, 11) is 0. The van der Waals surface area contributed by atoms with Crippen LogP contribution in [0.5, 0.6) is 0 Å². The first-order valence-corrected chi connectivity index (χ1v) is 6.99. The van der Waals surface area contributed by atoms with Gasteiger partial charge in [0, 0.05) is 31.9 Å². The van der Waals surface area contributed by atoms with Gasteiger partial charge in [0.25, 0.3) is 0 Å². The Hall–Kier alpha value is -1.54. The van der Waals surface area contributed by atoms with Crippen molar-refractivity contribution in [3.05, 3.63) is 57.5 Å². The summed E-state index contributed by atoms with van der Waals surface area (Å²) in [6.45, 7) is 0. The van der Waals surface area contributed by atoms with Gasteiger partial charge in [-0.3, -0.25) is 0 Å². The normalized spacial score (nSPS) is 20.7. The number of aromatic amines is 1. The fourth-order valence-corrected chi connectivity index (χ4v) is 3.31. The molecule has 2 aromatic rings. The lowest BCUT2D eigenvalue weighted by Crippen LogP contribution is -2.31. The van der Waals surface area contributed by atoms with Gasteiger partial charge in [-0.1, -0.05) is 46.3 Å². The van der Waals surface area contributed by atoms with Crippen LogP contribution in [0, 0.1) is 5.92 Å². The highest BCUT2D eigenvalue weighted by Crippen LogP contribution is 2.25. The first-order chi connectivity index (χ1) is 8.83. The zero-order valence-electron chi connectivity index (χ0n) is 9.78. The van der Waals surface area contributed by atoms with Crippen molar-refractivity contribution in [2.24, 2.45) is 5.92 Å². The Bertz CT molecular complexity index is 821. The van der Waals surface area contributed by atoms with Crippen molar-refractivity contribution in [3.63, 3.8) is 0 Å². The Kier molecular flexibility index (Phi) is 2.15. The van der Waals surface area contributed by atoms with Crippen LogP contribution in [0.4, 0.5) is 0 Å². The zero-order valence-corrected chi connectivity index (χ0v) is 11.4. The summed E-state index contributed by atoms with van der Waals surface area (Å²) in [4.78, 5) is 3.52. The van der Waals surface area contributed by atoms with Gasteiger partial charge < -0.3 is 4.98 Å². The summed E-state index contributed by atoms with van der Waals surface area (Å²) in [5.41, 5.74) is 2.66. The van der Waals surface area contributed by atoms with E-state index in [9.17, 15) is 0 Å². The third-order valence-corrected chi connectivity index (χ3v) is 4.28. The monoisotopic (exact) mass is 297 g/mol. The Morgan fingerprint density at radius 3 is 3.11 bits per heavy atom. The van der Waals surface area contributed by atoms with Crippen LogP contribution in [0.2, 0.25) is 0 Å². The van der Waals surface area contributed by atoms with Gasteiger partial charge in [-0.15, -0.1) is 0 Å². The number of hydrogen-bond donors (Lipinski definition) is 1. The van der Waals surface area contributed by atoms with Crippen molar-refractivity contribution in [2.75, 3.05) is 0 Å². The van der Waals surface area contributed by atoms with Crippen molar-refractivity contribution in [1.29, 1.82) is 0 Å². The molecule has 1 heterocycles. The van der Waals surface area contributed by atoms with E-state index in [1.807, 2.05) is 0 Å². The molecule has 1 aromatic carbocycles. The van der Waals surface area contributed by atoms with Gasteiger partial charge in [0.1, 0.15) is 0 Å². The molecule has 0 saturated heterocycles. The topological polar surface area (TPSA) is 15.8 Å². The van der Waals surface area contributed by atoms with Gasteiger partial charge in [-0.2, -0.15) is 0 Å². The molecule has 0 fully saturated rings. The number of nitrogens with one attached hydrogen (secondary N) is 1. The molecule has 0 radical (unpaired) electrons. The van der Waals surface area contributed by atoms with Gasteiger partial charge in [0.15, 0.2) is 0 Å². The third-order valence-electron chi connectivity index (χ3n) is 3.78. The van der Waals surface area contributed by atoms with Gasteiger partial charge in [-0.05, 0) is 30.2 Å². The molecule has 18 heavy (non-hydrogen) atoms. The molecule has 0 saturated carbocycles. The Morgan fingerprint density at radius 2 is 2.17 bits per heavy atom. The number of hydrogen-bond acceptors (Lipinski definition) is 0. The molecular weight excluding hydrogens is 286 g/mol. The van der Waals surface area contributed by atoms with Crippen LogP contribution in [0.15, 0.2) is 47.0 Å². The maximum absolute atomic E-state index is 3.57. The highest BCUT2D eigenvalue weighted by Gasteiger charge is 2.17. The van der Waals surface area contributed by atoms with Crippen LogP contribution in [0.25, 0.3) is 22.6 Å². The average Bonchev–Trinajstić information content (AvgIpc) is 2.77. The molecular formula is C16H12BrN. The molecule has 1 atom stereocenters. The average molecular weight is 298 g/mol. The molecule has 0 bridgehead atoms. The summed E-state index contributed by atoms with van der Waals surface area (Å²) < 4.78 is 1.13. The number of benzene rings is 1. The first kappa shape index (κ1) is 10.4. The first-order valence-electron chi connectivity index (χ1n) is 6.19. The predicted octanol–water partition coefficient (Wildman–Crippen LogP) is 3.01. The fourth-order valence-electron chi connectivity index (χ4n) is 2.95.